The first-order chi connectivity index (χ1) is 14.5. The Morgan fingerprint density at radius 1 is 1.03 bits per heavy atom. The van der Waals surface area contributed by atoms with Crippen molar-refractivity contribution < 1.29 is 23.8 Å². The van der Waals surface area contributed by atoms with Crippen LogP contribution in [0, 0.1) is 0 Å². The van der Waals surface area contributed by atoms with Gasteiger partial charge in [-0.1, -0.05) is 24.3 Å². The maximum absolute atomic E-state index is 13.7. The fraction of sp³-hybridized carbons (Fsp3) is 0.318. The second-order valence-corrected chi connectivity index (χ2v) is 8.83. The number of pyridine rings is 1. The van der Waals surface area contributed by atoms with Crippen molar-refractivity contribution in [2.45, 2.75) is 26.1 Å². The summed E-state index contributed by atoms with van der Waals surface area (Å²) in [5.74, 6) is -1.01. The molecule has 0 aliphatic heterocycles. The molecule has 0 aliphatic rings. The van der Waals surface area contributed by atoms with E-state index in [1.165, 1.54) is 12.1 Å². The third-order valence-electron chi connectivity index (χ3n) is 4.70. The lowest BCUT2D eigenvalue weighted by Crippen LogP contribution is -2.26. The maximum atomic E-state index is 13.7. The van der Waals surface area contributed by atoms with Gasteiger partial charge in [0.1, 0.15) is 5.78 Å². The van der Waals surface area contributed by atoms with Crippen LogP contribution in [0.15, 0.2) is 54.7 Å². The summed E-state index contributed by atoms with van der Waals surface area (Å²) in [7, 11) is -3.52. The van der Waals surface area contributed by atoms with Crippen LogP contribution >= 0.6 is 7.60 Å². The van der Waals surface area contributed by atoms with Gasteiger partial charge in [-0.2, -0.15) is 0 Å². The average Bonchev–Trinajstić information content (AvgIpc) is 2.74. The van der Waals surface area contributed by atoms with E-state index < -0.39 is 13.4 Å². The van der Waals surface area contributed by atoms with Gasteiger partial charge in [0, 0.05) is 18.1 Å². The molecule has 30 heavy (non-hydrogen) atoms. The van der Waals surface area contributed by atoms with Crippen molar-refractivity contribution in [1.82, 2.24) is 10.3 Å². The summed E-state index contributed by atoms with van der Waals surface area (Å²) in [5, 5.41) is 23.4. The van der Waals surface area contributed by atoms with E-state index in [0.29, 0.717) is 13.0 Å². The number of aromatic nitrogens is 1. The van der Waals surface area contributed by atoms with E-state index in [1.807, 2.05) is 30.3 Å². The van der Waals surface area contributed by atoms with Gasteiger partial charge in [0.15, 0.2) is 11.5 Å². The number of hydrogen-bond donors (Lipinski definition) is 3. The molecule has 1 heterocycles. The van der Waals surface area contributed by atoms with Crippen molar-refractivity contribution in [1.29, 1.82) is 0 Å². The summed E-state index contributed by atoms with van der Waals surface area (Å²) >= 11 is 0. The highest BCUT2D eigenvalue weighted by molar-refractivity contribution is 7.54. The fourth-order valence-electron chi connectivity index (χ4n) is 3.37. The van der Waals surface area contributed by atoms with Gasteiger partial charge in [-0.15, -0.1) is 0 Å². The Hall–Kier alpha value is -2.44. The highest BCUT2D eigenvalue weighted by Gasteiger charge is 2.37. The van der Waals surface area contributed by atoms with Crippen LogP contribution in [0.3, 0.4) is 0 Å². The van der Waals surface area contributed by atoms with Gasteiger partial charge in [-0.05, 0) is 55.7 Å². The zero-order valence-electron chi connectivity index (χ0n) is 17.1. The van der Waals surface area contributed by atoms with Gasteiger partial charge in [-0.3, -0.25) is 14.9 Å². The Morgan fingerprint density at radius 3 is 2.47 bits per heavy atom. The lowest BCUT2D eigenvalue weighted by Gasteiger charge is -2.28. The summed E-state index contributed by atoms with van der Waals surface area (Å²) in [6.45, 7) is 4.53. The molecule has 0 spiro atoms. The minimum Gasteiger partial charge on any atom is -0.504 e. The van der Waals surface area contributed by atoms with Gasteiger partial charge in [0.05, 0.1) is 18.7 Å². The van der Waals surface area contributed by atoms with Crippen molar-refractivity contribution in [3.8, 4) is 11.5 Å². The predicted octanol–water partition coefficient (Wildman–Crippen LogP) is 4.74. The molecule has 0 aliphatic carbocycles. The van der Waals surface area contributed by atoms with E-state index in [9.17, 15) is 14.8 Å². The number of aromatic hydroxyl groups is 2. The van der Waals surface area contributed by atoms with Crippen molar-refractivity contribution in [2.75, 3.05) is 19.8 Å². The van der Waals surface area contributed by atoms with Crippen LogP contribution in [-0.2, 0) is 20.0 Å². The Kier molecular flexibility index (Phi) is 7.45. The van der Waals surface area contributed by atoms with Gasteiger partial charge in [-0.25, -0.2) is 0 Å². The first-order valence-electron chi connectivity index (χ1n) is 9.95. The lowest BCUT2D eigenvalue weighted by molar-refractivity contribution is 0.207. The number of nitrogens with one attached hydrogen (secondary N) is 1. The number of para-hydroxylation sites is 1. The predicted molar refractivity (Wildman–Crippen MR) is 117 cm³/mol. The highest BCUT2D eigenvalue weighted by Crippen LogP contribution is 2.60. The minimum atomic E-state index is -3.52. The molecule has 160 valence electrons. The molecular weight excluding hydrogens is 403 g/mol. The van der Waals surface area contributed by atoms with E-state index in [0.717, 1.165) is 22.0 Å². The topological polar surface area (TPSA) is 101 Å². The molecule has 3 aromatic rings. The maximum Gasteiger partial charge on any atom is 0.351 e. The summed E-state index contributed by atoms with van der Waals surface area (Å²) < 4.78 is 25.0. The molecule has 0 fully saturated rings. The van der Waals surface area contributed by atoms with Gasteiger partial charge in [0.25, 0.3) is 0 Å². The number of phenols is 2. The van der Waals surface area contributed by atoms with Crippen molar-refractivity contribution >= 4 is 18.5 Å². The molecular formula is C22H27N2O5P. The third-order valence-corrected chi connectivity index (χ3v) is 7.03. The molecule has 2 aromatic carbocycles. The Labute approximate surface area is 176 Å². The summed E-state index contributed by atoms with van der Waals surface area (Å²) in [6.07, 6.45) is 2.23. The van der Waals surface area contributed by atoms with Crippen LogP contribution in [-0.4, -0.2) is 35.0 Å². The molecule has 0 radical (unpaired) electrons. The molecule has 3 N–H and O–H groups in total. The van der Waals surface area contributed by atoms with Crippen LogP contribution in [0.5, 0.6) is 11.5 Å². The number of fused-ring (bicyclic) bond motifs is 1. The molecule has 0 saturated heterocycles. The van der Waals surface area contributed by atoms with Crippen LogP contribution in [0.1, 0.15) is 30.8 Å². The van der Waals surface area contributed by atoms with E-state index >= 15 is 0 Å². The molecule has 8 heteroatoms. The van der Waals surface area contributed by atoms with Gasteiger partial charge < -0.3 is 19.3 Å². The number of phenolic OH excluding ortho intramolecular Hbond substituents is 2. The number of benzene rings is 2. The Balaban J connectivity index is 1.92. The first-order valence-corrected chi connectivity index (χ1v) is 11.6. The number of nitrogens with zero attached hydrogens (tertiary/aromatic N) is 1. The van der Waals surface area contributed by atoms with Crippen molar-refractivity contribution in [3.63, 3.8) is 0 Å². The fourth-order valence-corrected chi connectivity index (χ4v) is 5.38. The SMILES string of the molecule is CCOP(=O)(OCC)C(NCCc1ccc(O)c(O)c1)c1ccnc2ccccc12. The lowest BCUT2D eigenvalue weighted by atomic mass is 10.1. The first kappa shape index (κ1) is 22.2. The Bertz CT molecular complexity index is 1030. The Morgan fingerprint density at radius 2 is 1.77 bits per heavy atom. The zero-order chi connectivity index (χ0) is 21.6. The molecule has 3 rings (SSSR count). The van der Waals surface area contributed by atoms with Crippen LogP contribution in [0.2, 0.25) is 0 Å². The van der Waals surface area contributed by atoms with E-state index in [4.69, 9.17) is 9.05 Å². The largest absolute Gasteiger partial charge is 0.504 e. The van der Waals surface area contributed by atoms with Crippen molar-refractivity contribution in [3.05, 3.63) is 65.9 Å². The number of hydrogen-bond acceptors (Lipinski definition) is 7. The molecule has 7 nitrogen and oxygen atoms in total. The van der Waals surface area contributed by atoms with Crippen molar-refractivity contribution in [2.24, 2.45) is 0 Å². The van der Waals surface area contributed by atoms with Gasteiger partial charge >= 0.3 is 7.60 Å². The minimum absolute atomic E-state index is 0.162. The zero-order valence-corrected chi connectivity index (χ0v) is 18.0. The van der Waals surface area contributed by atoms with Crippen LogP contribution in [0.4, 0.5) is 0 Å². The van der Waals surface area contributed by atoms with E-state index in [-0.39, 0.29) is 24.7 Å². The molecule has 1 atom stereocenters. The molecule has 0 amide bonds. The monoisotopic (exact) mass is 430 g/mol. The normalized spacial score (nSPS) is 12.9. The number of rotatable bonds is 10. The van der Waals surface area contributed by atoms with Crippen LogP contribution < -0.4 is 5.32 Å². The standard InChI is InChI=1S/C22H27N2O5P/c1-3-28-30(27,29-4-2)22(18-12-14-23-19-8-6-5-7-17(18)19)24-13-11-16-9-10-20(25)21(26)15-16/h5-10,12,14-15,22,24-26H,3-4,11,13H2,1-2H3. The second-order valence-electron chi connectivity index (χ2n) is 6.72. The molecule has 0 saturated carbocycles. The summed E-state index contributed by atoms with van der Waals surface area (Å²) in [5.41, 5.74) is 2.42. The van der Waals surface area contributed by atoms with E-state index in [1.54, 1.807) is 26.1 Å². The summed E-state index contributed by atoms with van der Waals surface area (Å²) in [4.78, 5) is 4.39. The quantitative estimate of drug-likeness (QED) is 0.315. The highest BCUT2D eigenvalue weighted by atomic mass is 31.2. The molecule has 1 aromatic heterocycles. The smallest absolute Gasteiger partial charge is 0.351 e. The average molecular weight is 430 g/mol. The third kappa shape index (κ3) is 4.99. The molecule has 0 bridgehead atoms. The van der Waals surface area contributed by atoms with Crippen LogP contribution in [0.25, 0.3) is 10.9 Å². The van der Waals surface area contributed by atoms with E-state index in [2.05, 4.69) is 10.3 Å². The molecule has 1 unspecified atom stereocenters. The van der Waals surface area contributed by atoms with Gasteiger partial charge in [0.2, 0.25) is 0 Å². The second kappa shape index (κ2) is 10.0. The summed E-state index contributed by atoms with van der Waals surface area (Å²) in [6, 6.07) is 14.2.